The van der Waals surface area contributed by atoms with Gasteiger partial charge in [0, 0.05) is 16.1 Å². The number of halogens is 1. The molecule has 0 radical (unpaired) electrons. The van der Waals surface area contributed by atoms with Crippen LogP contribution in [0.3, 0.4) is 0 Å². The Morgan fingerprint density at radius 3 is 2.50 bits per heavy atom. The lowest BCUT2D eigenvalue weighted by Crippen LogP contribution is -2.02. The fourth-order valence-electron chi connectivity index (χ4n) is 1.83. The Bertz CT molecular complexity index is 587. The molecule has 2 aromatic rings. The molecule has 2 rings (SSSR count). The van der Waals surface area contributed by atoms with Gasteiger partial charge in [-0.3, -0.25) is 4.79 Å². The number of carbonyl (C=O) groups excluding carboxylic acids is 1. The summed E-state index contributed by atoms with van der Waals surface area (Å²) >= 11 is 6.05. The van der Waals surface area contributed by atoms with Crippen molar-refractivity contribution in [3.63, 3.8) is 0 Å². The standard InChI is InChI=1S/C16H15ClO/c1-3-12-5-4-6-13(9-12)16(18)14-8-7-11(2)15(17)10-14/h4-10H,3H2,1-2H3. The van der Waals surface area contributed by atoms with Crippen LogP contribution < -0.4 is 0 Å². The number of carbonyl (C=O) groups is 1. The van der Waals surface area contributed by atoms with Crippen LogP contribution >= 0.6 is 11.6 Å². The van der Waals surface area contributed by atoms with Crippen LogP contribution in [0.4, 0.5) is 0 Å². The Kier molecular flexibility index (Phi) is 3.83. The van der Waals surface area contributed by atoms with E-state index in [4.69, 9.17) is 11.6 Å². The van der Waals surface area contributed by atoms with Gasteiger partial charge in [-0.1, -0.05) is 48.9 Å². The van der Waals surface area contributed by atoms with Crippen LogP contribution in [0.1, 0.15) is 34.0 Å². The van der Waals surface area contributed by atoms with E-state index in [2.05, 4.69) is 6.92 Å². The van der Waals surface area contributed by atoms with Gasteiger partial charge < -0.3 is 0 Å². The third kappa shape index (κ3) is 2.62. The van der Waals surface area contributed by atoms with Crippen LogP contribution in [0.2, 0.25) is 5.02 Å². The van der Waals surface area contributed by atoms with E-state index in [9.17, 15) is 4.79 Å². The van der Waals surface area contributed by atoms with Crippen molar-refractivity contribution < 1.29 is 4.79 Å². The molecular weight excluding hydrogens is 244 g/mol. The first-order valence-corrected chi connectivity index (χ1v) is 6.39. The minimum Gasteiger partial charge on any atom is -0.289 e. The molecule has 2 heteroatoms. The molecule has 0 unspecified atom stereocenters. The summed E-state index contributed by atoms with van der Waals surface area (Å²) in [5.41, 5.74) is 3.50. The topological polar surface area (TPSA) is 17.1 Å². The molecule has 0 aromatic heterocycles. The SMILES string of the molecule is CCc1cccc(C(=O)c2ccc(C)c(Cl)c2)c1. The third-order valence-corrected chi connectivity index (χ3v) is 3.44. The molecule has 0 spiro atoms. The molecule has 0 bridgehead atoms. The van der Waals surface area contributed by atoms with Crippen LogP contribution in [-0.2, 0) is 6.42 Å². The Labute approximate surface area is 112 Å². The number of aryl methyl sites for hydroxylation is 2. The highest BCUT2D eigenvalue weighted by Crippen LogP contribution is 2.19. The molecule has 0 heterocycles. The zero-order valence-corrected chi connectivity index (χ0v) is 11.3. The summed E-state index contributed by atoms with van der Waals surface area (Å²) in [6, 6.07) is 13.2. The summed E-state index contributed by atoms with van der Waals surface area (Å²) in [5.74, 6) is 0.0206. The maximum atomic E-state index is 12.3. The lowest BCUT2D eigenvalue weighted by Gasteiger charge is -2.05. The average molecular weight is 259 g/mol. The first-order valence-electron chi connectivity index (χ1n) is 6.01. The summed E-state index contributed by atoms with van der Waals surface area (Å²) in [4.78, 5) is 12.3. The highest BCUT2D eigenvalue weighted by atomic mass is 35.5. The van der Waals surface area contributed by atoms with Crippen molar-refractivity contribution in [3.05, 3.63) is 69.7 Å². The van der Waals surface area contributed by atoms with Gasteiger partial charge in [0.05, 0.1) is 0 Å². The van der Waals surface area contributed by atoms with Gasteiger partial charge in [0.15, 0.2) is 5.78 Å². The van der Waals surface area contributed by atoms with Crippen molar-refractivity contribution in [2.75, 3.05) is 0 Å². The van der Waals surface area contributed by atoms with E-state index in [0.29, 0.717) is 16.1 Å². The molecule has 0 saturated heterocycles. The van der Waals surface area contributed by atoms with Gasteiger partial charge in [-0.2, -0.15) is 0 Å². The van der Waals surface area contributed by atoms with Gasteiger partial charge in [0.2, 0.25) is 0 Å². The molecule has 0 aliphatic rings. The van der Waals surface area contributed by atoms with E-state index in [1.807, 2.05) is 43.3 Å². The minimum absolute atomic E-state index is 0.0206. The van der Waals surface area contributed by atoms with Crippen LogP contribution in [-0.4, -0.2) is 5.78 Å². The molecule has 0 saturated carbocycles. The Hall–Kier alpha value is -1.60. The molecule has 92 valence electrons. The molecule has 0 N–H and O–H groups in total. The smallest absolute Gasteiger partial charge is 0.193 e. The number of ketones is 1. The monoisotopic (exact) mass is 258 g/mol. The maximum absolute atomic E-state index is 12.3. The van der Waals surface area contributed by atoms with E-state index in [0.717, 1.165) is 12.0 Å². The molecule has 0 atom stereocenters. The van der Waals surface area contributed by atoms with Crippen LogP contribution in [0, 0.1) is 6.92 Å². The normalized spacial score (nSPS) is 10.4. The van der Waals surface area contributed by atoms with Crippen molar-refractivity contribution in [1.82, 2.24) is 0 Å². The van der Waals surface area contributed by atoms with Crippen molar-refractivity contribution in [2.45, 2.75) is 20.3 Å². The molecular formula is C16H15ClO. The molecule has 1 nitrogen and oxygen atoms in total. The molecule has 0 aliphatic carbocycles. The van der Waals surface area contributed by atoms with Gasteiger partial charge in [-0.15, -0.1) is 0 Å². The summed E-state index contributed by atoms with van der Waals surface area (Å²) in [5, 5.41) is 0.632. The van der Waals surface area contributed by atoms with Gasteiger partial charge in [-0.05, 0) is 36.6 Å². The number of hydrogen-bond donors (Lipinski definition) is 0. The number of rotatable bonds is 3. The van der Waals surface area contributed by atoms with Crippen LogP contribution in [0.5, 0.6) is 0 Å². The van der Waals surface area contributed by atoms with E-state index in [1.165, 1.54) is 5.56 Å². The molecule has 18 heavy (non-hydrogen) atoms. The Balaban J connectivity index is 2.38. The van der Waals surface area contributed by atoms with Crippen LogP contribution in [0.25, 0.3) is 0 Å². The molecule has 0 aliphatic heterocycles. The van der Waals surface area contributed by atoms with Crippen molar-refractivity contribution in [3.8, 4) is 0 Å². The predicted molar refractivity (Wildman–Crippen MR) is 75.4 cm³/mol. The second-order valence-corrected chi connectivity index (χ2v) is 4.75. The van der Waals surface area contributed by atoms with E-state index in [1.54, 1.807) is 6.07 Å². The second-order valence-electron chi connectivity index (χ2n) is 4.35. The number of hydrogen-bond acceptors (Lipinski definition) is 1. The quantitative estimate of drug-likeness (QED) is 0.744. The zero-order valence-electron chi connectivity index (χ0n) is 10.5. The summed E-state index contributed by atoms with van der Waals surface area (Å²) < 4.78 is 0. The predicted octanol–water partition coefficient (Wildman–Crippen LogP) is 4.44. The average Bonchev–Trinajstić information content (AvgIpc) is 2.41. The number of benzene rings is 2. The molecule has 2 aromatic carbocycles. The van der Waals surface area contributed by atoms with Gasteiger partial charge in [0.1, 0.15) is 0 Å². The zero-order chi connectivity index (χ0) is 13.1. The van der Waals surface area contributed by atoms with Gasteiger partial charge in [0.25, 0.3) is 0 Å². The summed E-state index contributed by atoms with van der Waals surface area (Å²) in [7, 11) is 0. The molecule has 0 amide bonds. The largest absolute Gasteiger partial charge is 0.289 e. The molecule has 0 fully saturated rings. The van der Waals surface area contributed by atoms with Crippen molar-refractivity contribution in [2.24, 2.45) is 0 Å². The fraction of sp³-hybridized carbons (Fsp3) is 0.188. The van der Waals surface area contributed by atoms with Crippen LogP contribution in [0.15, 0.2) is 42.5 Å². The Morgan fingerprint density at radius 1 is 1.11 bits per heavy atom. The van der Waals surface area contributed by atoms with E-state index in [-0.39, 0.29) is 5.78 Å². The van der Waals surface area contributed by atoms with E-state index < -0.39 is 0 Å². The van der Waals surface area contributed by atoms with Gasteiger partial charge in [-0.25, -0.2) is 0 Å². The van der Waals surface area contributed by atoms with Crippen molar-refractivity contribution in [1.29, 1.82) is 0 Å². The lowest BCUT2D eigenvalue weighted by atomic mass is 10.00. The lowest BCUT2D eigenvalue weighted by molar-refractivity contribution is 0.103. The second kappa shape index (κ2) is 5.36. The van der Waals surface area contributed by atoms with Gasteiger partial charge >= 0.3 is 0 Å². The Morgan fingerprint density at radius 2 is 1.83 bits per heavy atom. The van der Waals surface area contributed by atoms with Crippen molar-refractivity contribution >= 4 is 17.4 Å². The first-order chi connectivity index (χ1) is 8.61. The maximum Gasteiger partial charge on any atom is 0.193 e. The first kappa shape index (κ1) is 12.8. The van der Waals surface area contributed by atoms with E-state index >= 15 is 0 Å². The highest BCUT2D eigenvalue weighted by Gasteiger charge is 2.10. The summed E-state index contributed by atoms with van der Waals surface area (Å²) in [6.07, 6.45) is 0.926. The third-order valence-electron chi connectivity index (χ3n) is 3.03. The summed E-state index contributed by atoms with van der Waals surface area (Å²) in [6.45, 7) is 4.00. The fourth-order valence-corrected chi connectivity index (χ4v) is 2.01. The minimum atomic E-state index is 0.0206. The highest BCUT2D eigenvalue weighted by molar-refractivity contribution is 6.31.